The topological polar surface area (TPSA) is 52.3 Å². The van der Waals surface area contributed by atoms with Gasteiger partial charge in [0.25, 0.3) is 0 Å². The molecule has 0 saturated heterocycles. The Labute approximate surface area is 166 Å². The Bertz CT molecular complexity index is 951. The van der Waals surface area contributed by atoms with Crippen molar-refractivity contribution in [1.29, 1.82) is 0 Å². The lowest BCUT2D eigenvalue weighted by Crippen LogP contribution is -2.33. The highest BCUT2D eigenvalue weighted by Crippen LogP contribution is 2.42. The number of thioether (sulfide) groups is 2. The first-order valence-corrected chi connectivity index (χ1v) is 12.0. The fourth-order valence-electron chi connectivity index (χ4n) is 3.26. The van der Waals surface area contributed by atoms with Crippen LogP contribution in [0.25, 0.3) is 15.9 Å². The Morgan fingerprint density at radius 3 is 2.77 bits per heavy atom. The molecule has 3 aromatic heterocycles. The third-order valence-electron chi connectivity index (χ3n) is 4.88. The van der Waals surface area contributed by atoms with Crippen LogP contribution in [-0.4, -0.2) is 36.7 Å². The van der Waals surface area contributed by atoms with Gasteiger partial charge in [0.2, 0.25) is 0 Å². The minimum absolute atomic E-state index is 0.103. The van der Waals surface area contributed by atoms with Gasteiger partial charge in [-0.25, -0.2) is 9.38 Å². The summed E-state index contributed by atoms with van der Waals surface area (Å²) in [7, 11) is 0. The molecule has 1 aliphatic rings. The Kier molecular flexibility index (Phi) is 5.20. The lowest BCUT2D eigenvalue weighted by Gasteiger charge is -2.33. The molecule has 0 N–H and O–H groups in total. The molecule has 3 aromatic rings. The summed E-state index contributed by atoms with van der Waals surface area (Å²) in [5.41, 5.74) is 2.22. The molecule has 0 saturated carbocycles. The molecule has 0 bridgehead atoms. The number of hydrogen-bond donors (Lipinski definition) is 0. The Morgan fingerprint density at radius 1 is 1.19 bits per heavy atom. The van der Waals surface area contributed by atoms with E-state index in [0.717, 1.165) is 51.6 Å². The van der Waals surface area contributed by atoms with Gasteiger partial charge in [0, 0.05) is 17.1 Å². The molecule has 0 amide bonds. The van der Waals surface area contributed by atoms with Crippen LogP contribution in [0.2, 0.25) is 0 Å². The maximum absolute atomic E-state index is 6.15. The minimum Gasteiger partial charge on any atom is -0.369 e. The van der Waals surface area contributed by atoms with Crippen molar-refractivity contribution in [2.75, 3.05) is 11.5 Å². The van der Waals surface area contributed by atoms with E-state index in [1.165, 1.54) is 15.8 Å². The maximum atomic E-state index is 6.15. The maximum Gasteiger partial charge on any atom is 0.197 e. The number of rotatable bonds is 6. The molecular formula is C18H24N4OS3. The van der Waals surface area contributed by atoms with Gasteiger partial charge in [0.15, 0.2) is 16.0 Å². The Hall–Kier alpha value is -0.830. The number of fused-ring (bicyclic) bond motifs is 5. The van der Waals surface area contributed by atoms with Crippen LogP contribution >= 0.6 is 34.9 Å². The number of hydrogen-bond acceptors (Lipinski definition) is 7. The summed E-state index contributed by atoms with van der Waals surface area (Å²) in [6.45, 7) is 9.42. The van der Waals surface area contributed by atoms with E-state index < -0.39 is 0 Å². The predicted octanol–water partition coefficient (Wildman–Crippen LogP) is 5.19. The van der Waals surface area contributed by atoms with Crippen molar-refractivity contribution in [3.63, 3.8) is 0 Å². The molecule has 26 heavy (non-hydrogen) atoms. The smallest absolute Gasteiger partial charge is 0.197 e. The van der Waals surface area contributed by atoms with E-state index in [4.69, 9.17) is 9.72 Å². The number of nitrogens with zero attached hydrogens (tertiary/aromatic N) is 4. The van der Waals surface area contributed by atoms with Crippen LogP contribution in [0.15, 0.2) is 10.3 Å². The van der Waals surface area contributed by atoms with E-state index >= 15 is 0 Å². The average Bonchev–Trinajstić information content (AvgIpc) is 3.21. The Balaban J connectivity index is 1.96. The van der Waals surface area contributed by atoms with E-state index in [1.54, 1.807) is 34.9 Å². The van der Waals surface area contributed by atoms with Gasteiger partial charge < -0.3 is 4.74 Å². The van der Waals surface area contributed by atoms with Crippen LogP contribution in [0.1, 0.15) is 51.0 Å². The summed E-state index contributed by atoms with van der Waals surface area (Å²) < 4.78 is 8.32. The van der Waals surface area contributed by atoms with Crippen LogP contribution < -0.4 is 0 Å². The zero-order valence-electron chi connectivity index (χ0n) is 15.7. The van der Waals surface area contributed by atoms with Crippen molar-refractivity contribution >= 4 is 50.7 Å². The summed E-state index contributed by atoms with van der Waals surface area (Å²) in [5, 5.41) is 12.2. The normalized spacial score (nSPS) is 20.2. The van der Waals surface area contributed by atoms with Gasteiger partial charge in [-0.05, 0) is 31.1 Å². The fourth-order valence-corrected chi connectivity index (χ4v) is 5.97. The summed E-state index contributed by atoms with van der Waals surface area (Å²) in [6.07, 6.45) is 3.04. The first-order valence-electron chi connectivity index (χ1n) is 9.19. The largest absolute Gasteiger partial charge is 0.369 e. The molecule has 0 radical (unpaired) electrons. The second-order valence-electron chi connectivity index (χ2n) is 6.77. The molecule has 1 atom stereocenters. The number of thiophene rings is 1. The standard InChI is InChI=1S/C18H24N4OS3/c1-5-8-25-16-19-15-13(14-20-21-17(22(14)16)24-7-3)11-9-18(4,6-2)23-10-12(11)26-15/h5-10H2,1-4H3. The molecule has 5 nitrogen and oxygen atoms in total. The van der Waals surface area contributed by atoms with E-state index in [1.807, 2.05) is 0 Å². The molecule has 8 heteroatoms. The van der Waals surface area contributed by atoms with Crippen molar-refractivity contribution in [3.8, 4) is 0 Å². The monoisotopic (exact) mass is 408 g/mol. The van der Waals surface area contributed by atoms with Gasteiger partial charge in [0.1, 0.15) is 4.83 Å². The number of ether oxygens (including phenoxy) is 1. The summed E-state index contributed by atoms with van der Waals surface area (Å²) in [5.74, 6) is 2.02. The zero-order valence-corrected chi connectivity index (χ0v) is 18.1. The van der Waals surface area contributed by atoms with Crippen molar-refractivity contribution in [3.05, 3.63) is 10.4 Å². The molecule has 0 aliphatic carbocycles. The zero-order chi connectivity index (χ0) is 18.3. The van der Waals surface area contributed by atoms with Crippen LogP contribution in [-0.2, 0) is 17.8 Å². The molecule has 1 aliphatic heterocycles. The second-order valence-corrected chi connectivity index (χ2v) is 10.1. The minimum atomic E-state index is -0.103. The number of aromatic nitrogens is 4. The van der Waals surface area contributed by atoms with Gasteiger partial charge in [-0.3, -0.25) is 0 Å². The van der Waals surface area contributed by atoms with Gasteiger partial charge in [-0.15, -0.1) is 21.5 Å². The van der Waals surface area contributed by atoms with Gasteiger partial charge in [0.05, 0.1) is 17.6 Å². The van der Waals surface area contributed by atoms with Gasteiger partial charge >= 0.3 is 0 Å². The molecule has 4 rings (SSSR count). The molecule has 1 unspecified atom stereocenters. The first-order chi connectivity index (χ1) is 12.6. The summed E-state index contributed by atoms with van der Waals surface area (Å²) in [4.78, 5) is 7.40. The van der Waals surface area contributed by atoms with Crippen molar-refractivity contribution in [1.82, 2.24) is 19.6 Å². The van der Waals surface area contributed by atoms with Crippen molar-refractivity contribution in [2.45, 2.75) is 69.5 Å². The molecule has 140 valence electrons. The van der Waals surface area contributed by atoms with Crippen LogP contribution in [0.3, 0.4) is 0 Å². The molecule has 0 spiro atoms. The van der Waals surface area contributed by atoms with Crippen LogP contribution in [0.4, 0.5) is 0 Å². The highest BCUT2D eigenvalue weighted by molar-refractivity contribution is 7.99. The van der Waals surface area contributed by atoms with Gasteiger partial charge in [-0.2, -0.15) is 0 Å². The van der Waals surface area contributed by atoms with Crippen LogP contribution in [0.5, 0.6) is 0 Å². The summed E-state index contributed by atoms with van der Waals surface area (Å²) in [6, 6.07) is 0. The van der Waals surface area contributed by atoms with E-state index in [-0.39, 0.29) is 5.60 Å². The van der Waals surface area contributed by atoms with E-state index in [2.05, 4.69) is 42.3 Å². The lowest BCUT2D eigenvalue weighted by atomic mass is 9.90. The van der Waals surface area contributed by atoms with Gasteiger partial charge in [-0.1, -0.05) is 44.3 Å². The SMILES string of the molecule is CCCSc1nc2sc3c(c2c2nnc(SCC)n12)CC(C)(CC)OC3. The third kappa shape index (κ3) is 3.04. The van der Waals surface area contributed by atoms with Crippen LogP contribution in [0, 0.1) is 0 Å². The van der Waals surface area contributed by atoms with E-state index in [0.29, 0.717) is 6.61 Å². The third-order valence-corrected chi connectivity index (χ3v) is 7.93. The quantitative estimate of drug-likeness (QED) is 0.413. The highest BCUT2D eigenvalue weighted by Gasteiger charge is 2.33. The highest BCUT2D eigenvalue weighted by atomic mass is 32.2. The fraction of sp³-hybridized carbons (Fsp3) is 0.611. The van der Waals surface area contributed by atoms with Crippen molar-refractivity contribution < 1.29 is 4.74 Å². The second kappa shape index (κ2) is 7.30. The first kappa shape index (κ1) is 18.5. The predicted molar refractivity (Wildman–Crippen MR) is 111 cm³/mol. The molecule has 4 heterocycles. The molecule has 0 fully saturated rings. The van der Waals surface area contributed by atoms with Crippen molar-refractivity contribution in [2.24, 2.45) is 0 Å². The van der Waals surface area contributed by atoms with E-state index in [9.17, 15) is 0 Å². The Morgan fingerprint density at radius 2 is 2.04 bits per heavy atom. The molecule has 0 aromatic carbocycles. The molecular weight excluding hydrogens is 384 g/mol. The summed E-state index contributed by atoms with van der Waals surface area (Å²) >= 11 is 5.28. The lowest BCUT2D eigenvalue weighted by molar-refractivity contribution is -0.0542. The average molecular weight is 409 g/mol.